The lowest BCUT2D eigenvalue weighted by atomic mass is 9.79. The predicted octanol–water partition coefficient (Wildman–Crippen LogP) is 5.82. The van der Waals surface area contributed by atoms with Crippen molar-refractivity contribution in [3.63, 3.8) is 0 Å². The molecule has 2 heteroatoms. The second kappa shape index (κ2) is 6.99. The summed E-state index contributed by atoms with van der Waals surface area (Å²) < 4.78 is 5.36. The van der Waals surface area contributed by atoms with Gasteiger partial charge in [-0.25, -0.2) is 0 Å². The summed E-state index contributed by atoms with van der Waals surface area (Å²) in [7, 11) is 1.73. The molecule has 1 aliphatic rings. The number of ether oxygens (including phenoxy) is 1. The number of hydrogen-bond acceptors (Lipinski definition) is 2. The van der Waals surface area contributed by atoms with Crippen molar-refractivity contribution in [2.45, 2.75) is 70.9 Å². The molecule has 2 aromatic rings. The molecule has 0 radical (unpaired) electrons. The maximum atomic E-state index is 5.36. The van der Waals surface area contributed by atoms with Crippen molar-refractivity contribution in [1.29, 1.82) is 0 Å². The Hall–Kier alpha value is -1.54. The van der Waals surface area contributed by atoms with E-state index in [-0.39, 0.29) is 0 Å². The van der Waals surface area contributed by atoms with E-state index in [9.17, 15) is 0 Å². The molecule has 0 aliphatic carbocycles. The van der Waals surface area contributed by atoms with Crippen molar-refractivity contribution >= 4 is 10.8 Å². The third-order valence-electron chi connectivity index (χ3n) is 6.04. The largest absolute Gasteiger partial charge is 0.497 e. The molecule has 0 aromatic heterocycles. The molecule has 1 fully saturated rings. The zero-order valence-electron chi connectivity index (χ0n) is 16.6. The average Bonchev–Trinajstić information content (AvgIpc) is 2.56. The van der Waals surface area contributed by atoms with Crippen LogP contribution in [0, 0.1) is 0 Å². The maximum Gasteiger partial charge on any atom is 0.119 e. The third-order valence-corrected chi connectivity index (χ3v) is 6.04. The maximum absolute atomic E-state index is 5.36. The van der Waals surface area contributed by atoms with E-state index in [2.05, 4.69) is 69.0 Å². The van der Waals surface area contributed by atoms with E-state index >= 15 is 0 Å². The summed E-state index contributed by atoms with van der Waals surface area (Å²) in [6.45, 7) is 10.8. The standard InChI is InChI=1S/C23H33NO/c1-22(2)14-8-15-23(3,4)24(22)16-7-11-18-9-6-10-19-17-20(25-5)12-13-21(18)19/h6,9-10,12-13,17H,7-8,11,14-16H2,1-5H3. The summed E-state index contributed by atoms with van der Waals surface area (Å²) in [4.78, 5) is 2.75. The lowest BCUT2D eigenvalue weighted by Crippen LogP contribution is -2.58. The van der Waals surface area contributed by atoms with Crippen LogP contribution < -0.4 is 4.74 Å². The van der Waals surface area contributed by atoms with Gasteiger partial charge >= 0.3 is 0 Å². The SMILES string of the molecule is COc1ccc2c(CCCN3C(C)(C)CCCC3(C)C)cccc2c1. The van der Waals surface area contributed by atoms with Crippen LogP contribution in [0.2, 0.25) is 0 Å². The van der Waals surface area contributed by atoms with Crippen LogP contribution in [0.1, 0.15) is 58.9 Å². The third kappa shape index (κ3) is 3.84. The minimum atomic E-state index is 0.313. The van der Waals surface area contributed by atoms with Gasteiger partial charge in [0.2, 0.25) is 0 Å². The van der Waals surface area contributed by atoms with Crippen LogP contribution >= 0.6 is 0 Å². The molecule has 0 spiro atoms. The Morgan fingerprint density at radius 1 is 1.00 bits per heavy atom. The highest BCUT2D eigenvalue weighted by Gasteiger charge is 2.40. The van der Waals surface area contributed by atoms with Gasteiger partial charge in [0.25, 0.3) is 0 Å². The zero-order valence-corrected chi connectivity index (χ0v) is 16.6. The normalized spacial score (nSPS) is 19.9. The molecule has 1 aliphatic heterocycles. The number of likely N-dealkylation sites (tertiary alicyclic amines) is 1. The van der Waals surface area contributed by atoms with Gasteiger partial charge in [-0.05, 0) is 94.8 Å². The van der Waals surface area contributed by atoms with Crippen LogP contribution in [-0.4, -0.2) is 29.6 Å². The van der Waals surface area contributed by atoms with Crippen molar-refractivity contribution in [2.75, 3.05) is 13.7 Å². The number of rotatable bonds is 5. The van der Waals surface area contributed by atoms with Gasteiger partial charge < -0.3 is 4.74 Å². The summed E-state index contributed by atoms with van der Waals surface area (Å²) in [6, 6.07) is 13.0. The monoisotopic (exact) mass is 339 g/mol. The molecular formula is C23H33NO. The van der Waals surface area contributed by atoms with Crippen molar-refractivity contribution in [2.24, 2.45) is 0 Å². The summed E-state index contributed by atoms with van der Waals surface area (Å²) in [5.74, 6) is 0.932. The van der Waals surface area contributed by atoms with E-state index < -0.39 is 0 Å². The Kier molecular flexibility index (Phi) is 5.11. The molecule has 1 saturated heterocycles. The van der Waals surface area contributed by atoms with E-state index in [4.69, 9.17) is 4.74 Å². The average molecular weight is 340 g/mol. The fourth-order valence-corrected chi connectivity index (χ4v) is 4.75. The first kappa shape index (κ1) is 18.3. The lowest BCUT2D eigenvalue weighted by molar-refractivity contribution is -0.0271. The van der Waals surface area contributed by atoms with Gasteiger partial charge in [-0.15, -0.1) is 0 Å². The second-order valence-corrected chi connectivity index (χ2v) is 8.74. The molecule has 25 heavy (non-hydrogen) atoms. The molecule has 136 valence electrons. The molecule has 0 amide bonds. The Labute approximate surface area is 153 Å². The van der Waals surface area contributed by atoms with Crippen molar-refractivity contribution in [3.8, 4) is 5.75 Å². The van der Waals surface area contributed by atoms with Crippen molar-refractivity contribution in [1.82, 2.24) is 4.90 Å². The fourth-order valence-electron chi connectivity index (χ4n) is 4.75. The van der Waals surface area contributed by atoms with Crippen LogP contribution in [0.4, 0.5) is 0 Å². The molecule has 0 N–H and O–H groups in total. The van der Waals surface area contributed by atoms with E-state index in [1.165, 1.54) is 48.6 Å². The number of aryl methyl sites for hydroxylation is 1. The van der Waals surface area contributed by atoms with Crippen LogP contribution in [0.15, 0.2) is 36.4 Å². The number of hydrogen-bond donors (Lipinski definition) is 0. The molecule has 0 unspecified atom stereocenters. The second-order valence-electron chi connectivity index (χ2n) is 8.74. The Morgan fingerprint density at radius 2 is 1.72 bits per heavy atom. The predicted molar refractivity (Wildman–Crippen MR) is 108 cm³/mol. The Balaban J connectivity index is 1.72. The number of methoxy groups -OCH3 is 1. The lowest BCUT2D eigenvalue weighted by Gasteiger charge is -2.53. The fraction of sp³-hybridized carbons (Fsp3) is 0.565. The first-order valence-corrected chi connectivity index (χ1v) is 9.67. The van der Waals surface area contributed by atoms with Crippen molar-refractivity contribution < 1.29 is 4.74 Å². The first-order valence-electron chi connectivity index (χ1n) is 9.67. The first-order chi connectivity index (χ1) is 11.8. The smallest absolute Gasteiger partial charge is 0.119 e. The Morgan fingerprint density at radius 3 is 2.40 bits per heavy atom. The van der Waals surface area contributed by atoms with Crippen molar-refractivity contribution in [3.05, 3.63) is 42.0 Å². The number of fused-ring (bicyclic) bond motifs is 1. The summed E-state index contributed by atoms with van der Waals surface area (Å²) in [5.41, 5.74) is 2.08. The van der Waals surface area contributed by atoms with Gasteiger partial charge in [-0.2, -0.15) is 0 Å². The highest BCUT2D eigenvalue weighted by molar-refractivity contribution is 5.87. The molecule has 3 rings (SSSR count). The van der Waals surface area contributed by atoms with Gasteiger partial charge in [-0.1, -0.05) is 24.3 Å². The van der Waals surface area contributed by atoms with Crippen LogP contribution in [0.5, 0.6) is 5.75 Å². The van der Waals surface area contributed by atoms with Crippen LogP contribution in [0.25, 0.3) is 10.8 Å². The van der Waals surface area contributed by atoms with E-state index in [0.717, 1.165) is 12.2 Å². The minimum absolute atomic E-state index is 0.313. The molecule has 2 nitrogen and oxygen atoms in total. The summed E-state index contributed by atoms with van der Waals surface area (Å²) >= 11 is 0. The van der Waals surface area contributed by atoms with Crippen LogP contribution in [-0.2, 0) is 6.42 Å². The minimum Gasteiger partial charge on any atom is -0.497 e. The van der Waals surface area contributed by atoms with E-state index in [1.807, 2.05) is 0 Å². The highest BCUT2D eigenvalue weighted by atomic mass is 16.5. The molecular weight excluding hydrogens is 306 g/mol. The van der Waals surface area contributed by atoms with Gasteiger partial charge in [0.15, 0.2) is 0 Å². The summed E-state index contributed by atoms with van der Waals surface area (Å²) in [5, 5.41) is 2.64. The Bertz CT molecular complexity index is 716. The molecule has 0 saturated carbocycles. The molecule has 0 atom stereocenters. The highest BCUT2D eigenvalue weighted by Crippen LogP contribution is 2.38. The molecule has 1 heterocycles. The number of nitrogens with zero attached hydrogens (tertiary/aromatic N) is 1. The van der Waals surface area contributed by atoms with Gasteiger partial charge in [0.05, 0.1) is 7.11 Å². The summed E-state index contributed by atoms with van der Waals surface area (Å²) in [6.07, 6.45) is 6.31. The van der Waals surface area contributed by atoms with E-state index in [1.54, 1.807) is 7.11 Å². The topological polar surface area (TPSA) is 12.5 Å². The van der Waals surface area contributed by atoms with E-state index in [0.29, 0.717) is 11.1 Å². The van der Waals surface area contributed by atoms with Crippen LogP contribution in [0.3, 0.4) is 0 Å². The number of piperidine rings is 1. The number of benzene rings is 2. The quantitative estimate of drug-likeness (QED) is 0.680. The molecule has 2 aromatic carbocycles. The molecule has 0 bridgehead atoms. The van der Waals surface area contributed by atoms with Gasteiger partial charge in [0, 0.05) is 11.1 Å². The van der Waals surface area contributed by atoms with Gasteiger partial charge in [-0.3, -0.25) is 4.90 Å². The zero-order chi connectivity index (χ0) is 18.1. The van der Waals surface area contributed by atoms with Gasteiger partial charge in [0.1, 0.15) is 5.75 Å².